The molecule has 0 saturated carbocycles. The van der Waals surface area contributed by atoms with E-state index in [1.807, 2.05) is 0 Å². The number of carboxylic acids is 1. The van der Waals surface area contributed by atoms with Crippen LogP contribution in [0.2, 0.25) is 6.82 Å². The molecule has 6 heteroatoms. The van der Waals surface area contributed by atoms with Crippen molar-refractivity contribution in [3.05, 3.63) is 0 Å². The van der Waals surface area contributed by atoms with E-state index in [4.69, 9.17) is 10.8 Å². The summed E-state index contributed by atoms with van der Waals surface area (Å²) in [6.07, 6.45) is 0.417. The smallest absolute Gasteiger partial charge is 0.377 e. The topological polar surface area (TPSA) is 86.8 Å². The van der Waals surface area contributed by atoms with Crippen LogP contribution in [0.4, 0.5) is 0 Å². The van der Waals surface area contributed by atoms with Gasteiger partial charge in [0, 0.05) is 12.6 Å². The minimum atomic E-state index is -0.913. The molecule has 0 bridgehead atoms. The van der Waals surface area contributed by atoms with Crippen LogP contribution in [0.1, 0.15) is 6.42 Å². The highest BCUT2D eigenvalue weighted by atomic mass is 16.4. The first-order valence-electron chi connectivity index (χ1n) is 3.94. The Morgan fingerprint density at radius 1 is 1.75 bits per heavy atom. The van der Waals surface area contributed by atoms with Crippen LogP contribution in [-0.4, -0.2) is 46.6 Å². The van der Waals surface area contributed by atoms with E-state index in [-0.39, 0.29) is 6.04 Å². The summed E-state index contributed by atoms with van der Waals surface area (Å²) in [5.41, 5.74) is 5.58. The minimum absolute atomic E-state index is 0.138. The van der Waals surface area contributed by atoms with Crippen molar-refractivity contribution in [2.75, 3.05) is 6.54 Å². The molecule has 0 aromatic carbocycles. The predicted molar refractivity (Wildman–Crippen MR) is 44.6 cm³/mol. The summed E-state index contributed by atoms with van der Waals surface area (Å²) in [6.45, 7) is 2.00. The minimum Gasteiger partial charge on any atom is -0.480 e. The first-order chi connectivity index (χ1) is 5.52. The molecular weight excluding hydrogens is 159 g/mol. The molecule has 0 spiro atoms. The zero-order chi connectivity index (χ0) is 9.30. The van der Waals surface area contributed by atoms with Gasteiger partial charge in [0.25, 0.3) is 0 Å². The second-order valence-corrected chi connectivity index (χ2v) is 3.18. The number of rotatable bonds is 2. The Kier molecular flexibility index (Phi) is 2.71. The molecule has 4 N–H and O–H groups in total. The van der Waals surface area contributed by atoms with Gasteiger partial charge in [0.1, 0.15) is 6.04 Å². The Morgan fingerprint density at radius 3 is 2.67 bits per heavy atom. The standard InChI is InChI=1S/C6H13BN2O3/c1-7(12)9-3-4(8)2-5(9)6(10)11/h4-5,12H,2-3,8H2,1H3,(H,10,11)/t4?,5-/m0/s1. The lowest BCUT2D eigenvalue weighted by atomic mass is 9.84. The van der Waals surface area contributed by atoms with Crippen LogP contribution in [0, 0.1) is 0 Å². The SMILES string of the molecule is CB(O)N1CC(N)C[C@H]1C(=O)O. The molecular formula is C6H13BN2O3. The Labute approximate surface area is 71.3 Å². The van der Waals surface area contributed by atoms with Crippen LogP contribution in [0.15, 0.2) is 0 Å². The van der Waals surface area contributed by atoms with Gasteiger partial charge >= 0.3 is 13.0 Å². The first-order valence-corrected chi connectivity index (χ1v) is 3.94. The summed E-state index contributed by atoms with van der Waals surface area (Å²) >= 11 is 0. The van der Waals surface area contributed by atoms with Gasteiger partial charge in [0.2, 0.25) is 0 Å². The van der Waals surface area contributed by atoms with Crippen molar-refractivity contribution in [2.24, 2.45) is 5.73 Å². The van der Waals surface area contributed by atoms with Crippen LogP contribution in [0.5, 0.6) is 0 Å². The summed E-state index contributed by atoms with van der Waals surface area (Å²) in [7, 11) is -0.736. The lowest BCUT2D eigenvalue weighted by Crippen LogP contribution is -2.45. The zero-order valence-corrected chi connectivity index (χ0v) is 6.97. The molecule has 1 heterocycles. The van der Waals surface area contributed by atoms with Crippen LogP contribution in [0.3, 0.4) is 0 Å². The van der Waals surface area contributed by atoms with Crippen molar-refractivity contribution in [3.63, 3.8) is 0 Å². The second-order valence-electron chi connectivity index (χ2n) is 3.18. The van der Waals surface area contributed by atoms with Gasteiger partial charge < -0.3 is 20.7 Å². The predicted octanol–water partition coefficient (Wildman–Crippen LogP) is -1.42. The van der Waals surface area contributed by atoms with Gasteiger partial charge in [-0.15, -0.1) is 0 Å². The van der Waals surface area contributed by atoms with Crippen molar-refractivity contribution >= 4 is 13.0 Å². The monoisotopic (exact) mass is 172 g/mol. The van der Waals surface area contributed by atoms with Crippen LogP contribution >= 0.6 is 0 Å². The Hall–Kier alpha value is -0.585. The molecule has 1 unspecified atom stereocenters. The Morgan fingerprint density at radius 2 is 2.33 bits per heavy atom. The van der Waals surface area contributed by atoms with Gasteiger partial charge in [-0.25, -0.2) is 0 Å². The number of carboxylic acid groups (broad SMARTS) is 1. The summed E-state index contributed by atoms with van der Waals surface area (Å²) in [5.74, 6) is -0.913. The molecule has 1 saturated heterocycles. The maximum Gasteiger partial charge on any atom is 0.377 e. The highest BCUT2D eigenvalue weighted by Crippen LogP contribution is 2.17. The number of aliphatic carboxylic acids is 1. The molecule has 1 aliphatic heterocycles. The van der Waals surface area contributed by atoms with Crippen LogP contribution < -0.4 is 5.73 Å². The van der Waals surface area contributed by atoms with Gasteiger partial charge in [-0.05, 0) is 13.2 Å². The molecule has 0 amide bonds. The van der Waals surface area contributed by atoms with E-state index < -0.39 is 19.1 Å². The van der Waals surface area contributed by atoms with Gasteiger partial charge in [0.15, 0.2) is 0 Å². The van der Waals surface area contributed by atoms with Gasteiger partial charge in [-0.1, -0.05) is 0 Å². The quantitative estimate of drug-likeness (QED) is 0.445. The molecule has 5 nitrogen and oxygen atoms in total. The van der Waals surface area contributed by atoms with Crippen LogP contribution in [-0.2, 0) is 4.79 Å². The lowest BCUT2D eigenvalue weighted by molar-refractivity contribution is -0.140. The molecule has 1 fully saturated rings. The van der Waals surface area contributed by atoms with Crippen molar-refractivity contribution in [1.82, 2.24) is 4.81 Å². The molecule has 0 aromatic rings. The molecule has 12 heavy (non-hydrogen) atoms. The first kappa shape index (κ1) is 9.50. The molecule has 1 rings (SSSR count). The summed E-state index contributed by atoms with van der Waals surface area (Å²) < 4.78 is 0. The third kappa shape index (κ3) is 1.77. The number of carbonyl (C=O) groups is 1. The largest absolute Gasteiger partial charge is 0.480 e. The van der Waals surface area contributed by atoms with E-state index in [1.54, 1.807) is 6.82 Å². The normalized spacial score (nSPS) is 30.6. The number of nitrogens with zero attached hydrogens (tertiary/aromatic N) is 1. The molecule has 0 aliphatic carbocycles. The highest BCUT2D eigenvalue weighted by Gasteiger charge is 2.38. The van der Waals surface area contributed by atoms with E-state index in [1.165, 1.54) is 4.81 Å². The Bertz CT molecular complexity index is 188. The fourth-order valence-electron chi connectivity index (χ4n) is 1.55. The maximum absolute atomic E-state index is 10.7. The molecule has 68 valence electrons. The summed E-state index contributed by atoms with van der Waals surface area (Å²) in [6, 6.07) is -0.763. The fourth-order valence-corrected chi connectivity index (χ4v) is 1.55. The van der Waals surface area contributed by atoms with E-state index in [0.717, 1.165) is 0 Å². The van der Waals surface area contributed by atoms with E-state index in [0.29, 0.717) is 13.0 Å². The second kappa shape index (κ2) is 3.43. The third-order valence-corrected chi connectivity index (χ3v) is 2.14. The number of hydrogen-bond donors (Lipinski definition) is 3. The third-order valence-electron chi connectivity index (χ3n) is 2.14. The van der Waals surface area contributed by atoms with E-state index >= 15 is 0 Å². The molecule has 2 atom stereocenters. The zero-order valence-electron chi connectivity index (χ0n) is 6.97. The van der Waals surface area contributed by atoms with Gasteiger partial charge in [0.05, 0.1) is 0 Å². The van der Waals surface area contributed by atoms with E-state index in [9.17, 15) is 9.82 Å². The lowest BCUT2D eigenvalue weighted by Gasteiger charge is -2.20. The molecule has 0 aromatic heterocycles. The van der Waals surface area contributed by atoms with Gasteiger partial charge in [-0.3, -0.25) is 4.79 Å². The van der Waals surface area contributed by atoms with Crippen LogP contribution in [0.25, 0.3) is 0 Å². The highest BCUT2D eigenvalue weighted by molar-refractivity contribution is 6.45. The maximum atomic E-state index is 10.7. The summed E-state index contributed by atoms with van der Waals surface area (Å²) in [4.78, 5) is 12.1. The Balaban J connectivity index is 2.65. The van der Waals surface area contributed by atoms with Crippen molar-refractivity contribution in [2.45, 2.75) is 25.3 Å². The number of hydrogen-bond acceptors (Lipinski definition) is 4. The van der Waals surface area contributed by atoms with Crippen molar-refractivity contribution < 1.29 is 14.9 Å². The summed E-state index contributed by atoms with van der Waals surface area (Å²) in [5, 5.41) is 17.9. The fraction of sp³-hybridized carbons (Fsp3) is 0.833. The average molecular weight is 172 g/mol. The van der Waals surface area contributed by atoms with Crippen molar-refractivity contribution in [1.29, 1.82) is 0 Å². The molecule has 0 radical (unpaired) electrons. The van der Waals surface area contributed by atoms with E-state index in [2.05, 4.69) is 0 Å². The van der Waals surface area contributed by atoms with Gasteiger partial charge in [-0.2, -0.15) is 0 Å². The number of nitrogens with two attached hydrogens (primary N) is 1. The van der Waals surface area contributed by atoms with Crippen molar-refractivity contribution in [3.8, 4) is 0 Å². The average Bonchev–Trinajstić information content (AvgIpc) is 2.31. The molecule has 1 aliphatic rings.